The van der Waals surface area contributed by atoms with E-state index in [1.165, 1.54) is 26.3 Å². The van der Waals surface area contributed by atoms with Crippen molar-refractivity contribution in [1.29, 1.82) is 0 Å². The minimum Gasteiger partial charge on any atom is -0.477 e. The topological polar surface area (TPSA) is 261 Å². The summed E-state index contributed by atoms with van der Waals surface area (Å²) in [6.07, 6.45) is -6.39. The van der Waals surface area contributed by atoms with Gasteiger partial charge in [-0.3, -0.25) is 14.4 Å². The van der Waals surface area contributed by atoms with Crippen LogP contribution in [0.5, 0.6) is 0 Å². The van der Waals surface area contributed by atoms with Crippen LogP contribution in [0.2, 0.25) is 0 Å². The molecule has 22 heteroatoms. The lowest BCUT2D eigenvalue weighted by Crippen LogP contribution is -2.61. The molecule has 21 nitrogen and oxygen atoms in total. The van der Waals surface area contributed by atoms with Crippen LogP contribution in [0, 0.1) is 23.6 Å². The number of aromatic carboxylic acids is 1. The number of anilines is 1. The molecule has 4 aliphatic rings. The fourth-order valence-corrected chi connectivity index (χ4v) is 12.2. The highest BCUT2D eigenvalue weighted by Gasteiger charge is 2.54. The lowest BCUT2D eigenvalue weighted by molar-refractivity contribution is -0.318. The summed E-state index contributed by atoms with van der Waals surface area (Å²) in [6, 6.07) is 1.69. The molecule has 4 fully saturated rings. The normalized spacial score (nSPS) is 37.6. The molecule has 1 aromatic carbocycles. The van der Waals surface area contributed by atoms with E-state index in [0.717, 1.165) is 18.9 Å². The molecule has 0 radical (unpaired) electrons. The highest BCUT2D eigenvalue weighted by Crippen LogP contribution is 2.42. The second kappa shape index (κ2) is 26.1. The molecule has 2 aromatic rings. The highest BCUT2D eigenvalue weighted by atomic mass is 19.1. The molecule has 448 valence electrons. The average Bonchev–Trinajstić information content (AvgIpc) is 4.30. The molecule has 6 N–H and O–H groups in total. The third kappa shape index (κ3) is 14.8. The first kappa shape index (κ1) is 64.3. The van der Waals surface area contributed by atoms with Gasteiger partial charge in [-0.05, 0) is 127 Å². The minimum absolute atomic E-state index is 0.00314. The number of hydrogen-bond acceptors (Lipinski definition) is 19. The Hall–Kier alpha value is -3.91. The van der Waals surface area contributed by atoms with Crippen LogP contribution in [0.1, 0.15) is 131 Å². The van der Waals surface area contributed by atoms with Crippen LogP contribution in [-0.4, -0.2) is 214 Å². The molecule has 18 atom stereocenters. The van der Waals surface area contributed by atoms with Crippen molar-refractivity contribution in [3.63, 3.8) is 0 Å². The Bertz CT molecular complexity index is 2480. The fourth-order valence-electron chi connectivity index (χ4n) is 12.2. The summed E-state index contributed by atoms with van der Waals surface area (Å²) in [5.41, 5.74) is -5.27. The zero-order valence-electron chi connectivity index (χ0n) is 49.1. The van der Waals surface area contributed by atoms with E-state index in [4.69, 9.17) is 33.2 Å². The van der Waals surface area contributed by atoms with Crippen molar-refractivity contribution >= 4 is 34.5 Å². The first-order valence-electron chi connectivity index (χ1n) is 28.1. The van der Waals surface area contributed by atoms with Crippen LogP contribution in [0.3, 0.4) is 0 Å². The number of carboxylic acids is 1. The van der Waals surface area contributed by atoms with Crippen molar-refractivity contribution in [2.45, 2.75) is 211 Å². The van der Waals surface area contributed by atoms with E-state index >= 15 is 4.39 Å². The van der Waals surface area contributed by atoms with Crippen molar-refractivity contribution in [3.8, 4) is 0 Å². The van der Waals surface area contributed by atoms with Crippen LogP contribution in [0.4, 0.5) is 10.1 Å². The SMILES string of the molecule is CC[C@H]1OC(=O)[C@H](C)[C@@H](O[C@H]2C[C@@](C)(OC)[C@@H](OC(=O)CCN(C)CCNc3cc4c(cc3F)c(=O)c(C(=O)O)cn4C3CC3)[C@H](C)O2)[C@H](C)[C@@H](O[C@@H]2O[C@H](C)C[C@H](N(C)C)[C@H]2O)[C@](C)(O)C[C@@H](C)CN(C)[C@H](C)[C@@H](O)[C@]1(C)O. The van der Waals surface area contributed by atoms with E-state index in [1.807, 2.05) is 49.7 Å². The van der Waals surface area contributed by atoms with E-state index in [1.54, 1.807) is 60.1 Å². The Morgan fingerprint density at radius 2 is 1.62 bits per heavy atom. The predicted molar refractivity (Wildman–Crippen MR) is 292 cm³/mol. The molecular weight excluding hydrogens is 1030 g/mol. The maximum absolute atomic E-state index is 15.4. The Balaban J connectivity index is 1.19. The number of methoxy groups -OCH3 is 1. The number of ether oxygens (including phenoxy) is 7. The molecule has 3 aliphatic heterocycles. The van der Waals surface area contributed by atoms with Gasteiger partial charge in [0.15, 0.2) is 18.7 Å². The molecule has 6 rings (SSSR count). The number of carbonyl (C=O) groups is 3. The summed E-state index contributed by atoms with van der Waals surface area (Å²) in [6.45, 7) is 18.7. The summed E-state index contributed by atoms with van der Waals surface area (Å²) in [7, 11) is 8.84. The summed E-state index contributed by atoms with van der Waals surface area (Å²) in [5, 5.41) is 60.8. The van der Waals surface area contributed by atoms with Crippen molar-refractivity contribution in [2.24, 2.45) is 17.8 Å². The summed E-state index contributed by atoms with van der Waals surface area (Å²) < 4.78 is 62.0. The number of fused-ring (bicyclic) bond motifs is 1. The van der Waals surface area contributed by atoms with E-state index < -0.39 is 125 Å². The molecule has 0 spiro atoms. The van der Waals surface area contributed by atoms with Gasteiger partial charge in [0.25, 0.3) is 0 Å². The Kier molecular flexibility index (Phi) is 21.2. The van der Waals surface area contributed by atoms with Gasteiger partial charge in [-0.2, -0.15) is 0 Å². The molecule has 3 saturated heterocycles. The number of likely N-dealkylation sites (N-methyl/N-ethyl adjacent to an activating group) is 3. The quantitative estimate of drug-likeness (QED) is 0.120. The van der Waals surface area contributed by atoms with Gasteiger partial charge in [0.05, 0.1) is 53.6 Å². The van der Waals surface area contributed by atoms with Gasteiger partial charge in [0.2, 0.25) is 5.43 Å². The van der Waals surface area contributed by atoms with Gasteiger partial charge >= 0.3 is 17.9 Å². The fraction of sp³-hybridized carbons (Fsp3) is 0.789. The number of aromatic nitrogens is 1. The van der Waals surface area contributed by atoms with Gasteiger partial charge in [-0.1, -0.05) is 20.8 Å². The monoisotopic (exact) mass is 1120 g/mol. The summed E-state index contributed by atoms with van der Waals surface area (Å²) in [4.78, 5) is 58.6. The number of halogens is 1. The molecule has 0 bridgehead atoms. The number of carbonyl (C=O) groups excluding carboxylic acids is 2. The van der Waals surface area contributed by atoms with Crippen LogP contribution < -0.4 is 10.7 Å². The number of nitrogens with one attached hydrogen (secondary N) is 1. The second-order valence-electron chi connectivity index (χ2n) is 24.3. The van der Waals surface area contributed by atoms with E-state index in [0.29, 0.717) is 25.0 Å². The Morgan fingerprint density at radius 1 is 0.949 bits per heavy atom. The number of esters is 2. The number of hydrogen-bond donors (Lipinski definition) is 6. The van der Waals surface area contributed by atoms with Crippen LogP contribution in [0.15, 0.2) is 23.1 Å². The number of aliphatic hydroxyl groups is 4. The molecule has 0 amide bonds. The Labute approximate surface area is 464 Å². The minimum atomic E-state index is -1.88. The lowest BCUT2D eigenvalue weighted by atomic mass is 9.77. The highest BCUT2D eigenvalue weighted by molar-refractivity contribution is 5.93. The standard InChI is InChI=1S/C57H92FN5O16/c1-16-43-57(10,72)49(67)34(6)62(14)28-30(2)26-55(8,71)50(79-54-47(66)42(60(11)12)23-31(3)74-54)32(4)48(33(5)53(70)76-43)78-45-27-56(9,73-15)51(35(7)75-45)77-44(64)19-21-61(13)22-20-59-40-25-41-37(24-39(40)58)46(65)38(52(68)69)29-63(41)36-17-18-36/h24-25,29-36,42-43,45,47-51,54,59,66-67,71-72H,16-23,26-28H2,1-15H3,(H,68,69)/t30-,31-,32+,33-,34-,35+,42+,43-,45+,47-,48+,49-,50-,51+,54+,55-,56-,57-/m1/s1. The van der Waals surface area contributed by atoms with Crippen molar-refractivity contribution in [2.75, 3.05) is 66.8 Å². The Morgan fingerprint density at radius 3 is 2.23 bits per heavy atom. The molecular formula is C57H92FN5O16. The van der Waals surface area contributed by atoms with Gasteiger partial charge in [-0.15, -0.1) is 0 Å². The third-order valence-electron chi connectivity index (χ3n) is 17.2. The molecule has 79 heavy (non-hydrogen) atoms. The van der Waals surface area contributed by atoms with Crippen molar-refractivity contribution < 1.29 is 77.5 Å². The molecule has 1 saturated carbocycles. The largest absolute Gasteiger partial charge is 0.477 e. The van der Waals surface area contributed by atoms with E-state index in [-0.39, 0.29) is 74.0 Å². The van der Waals surface area contributed by atoms with E-state index in [9.17, 15) is 44.7 Å². The number of pyridine rings is 1. The van der Waals surface area contributed by atoms with Gasteiger partial charge in [-0.25, -0.2) is 9.18 Å². The lowest BCUT2D eigenvalue weighted by Gasteiger charge is -2.49. The number of cyclic esters (lactones) is 1. The van der Waals surface area contributed by atoms with Gasteiger partial charge in [0.1, 0.15) is 40.9 Å². The second-order valence-corrected chi connectivity index (χ2v) is 24.3. The van der Waals surface area contributed by atoms with Gasteiger partial charge in [0, 0.05) is 75.3 Å². The van der Waals surface area contributed by atoms with Crippen LogP contribution >= 0.6 is 0 Å². The van der Waals surface area contributed by atoms with Crippen molar-refractivity contribution in [1.82, 2.24) is 19.3 Å². The van der Waals surface area contributed by atoms with Crippen LogP contribution in [0.25, 0.3) is 10.9 Å². The average molecular weight is 1120 g/mol. The van der Waals surface area contributed by atoms with Crippen LogP contribution in [-0.2, 0) is 42.7 Å². The number of benzene rings is 1. The molecule has 1 aliphatic carbocycles. The number of aliphatic hydroxyl groups excluding tert-OH is 2. The number of nitrogens with zero attached hydrogens (tertiary/aromatic N) is 4. The predicted octanol–water partition coefficient (Wildman–Crippen LogP) is 4.37. The first-order chi connectivity index (χ1) is 36.8. The van der Waals surface area contributed by atoms with E-state index in [2.05, 4.69) is 5.32 Å². The first-order valence-corrected chi connectivity index (χ1v) is 28.1. The number of carboxylic acid groups (broad SMARTS) is 1. The zero-order valence-corrected chi connectivity index (χ0v) is 49.1. The smallest absolute Gasteiger partial charge is 0.341 e. The zero-order chi connectivity index (χ0) is 58.8. The summed E-state index contributed by atoms with van der Waals surface area (Å²) >= 11 is 0. The third-order valence-corrected chi connectivity index (χ3v) is 17.2. The van der Waals surface area contributed by atoms with Gasteiger partial charge < -0.3 is 83.3 Å². The number of rotatable bonds is 17. The molecule has 1 aromatic heterocycles. The maximum Gasteiger partial charge on any atom is 0.341 e. The molecule has 0 unspecified atom stereocenters. The summed E-state index contributed by atoms with van der Waals surface area (Å²) in [5.74, 6) is -5.53. The maximum atomic E-state index is 15.4. The van der Waals surface area contributed by atoms with Crippen molar-refractivity contribution in [3.05, 3.63) is 39.9 Å². The molecule has 4 heterocycles.